The number of rotatable bonds is 3. The largest absolute Gasteiger partial charge is 0.353 e. The molecule has 2 aliphatic rings. The van der Waals surface area contributed by atoms with Gasteiger partial charge < -0.3 is 11.1 Å². The average molecular weight is 168 g/mol. The fourth-order valence-corrected chi connectivity index (χ4v) is 1.69. The molecule has 0 aromatic rings. The van der Waals surface area contributed by atoms with Crippen LogP contribution in [0.15, 0.2) is 0 Å². The van der Waals surface area contributed by atoms with Crippen molar-refractivity contribution < 1.29 is 4.79 Å². The van der Waals surface area contributed by atoms with E-state index in [2.05, 4.69) is 5.32 Å². The van der Waals surface area contributed by atoms with Gasteiger partial charge in [0.25, 0.3) is 0 Å². The summed E-state index contributed by atoms with van der Waals surface area (Å²) >= 11 is 0. The van der Waals surface area contributed by atoms with Crippen LogP contribution in [0.4, 0.5) is 0 Å². The Morgan fingerprint density at radius 3 is 2.50 bits per heavy atom. The van der Waals surface area contributed by atoms with Crippen LogP contribution in [0.3, 0.4) is 0 Å². The van der Waals surface area contributed by atoms with Gasteiger partial charge in [0.2, 0.25) is 5.91 Å². The highest BCUT2D eigenvalue weighted by Gasteiger charge is 2.44. The molecular weight excluding hydrogens is 152 g/mol. The quantitative estimate of drug-likeness (QED) is 0.640. The van der Waals surface area contributed by atoms with E-state index in [0.717, 1.165) is 32.1 Å². The summed E-state index contributed by atoms with van der Waals surface area (Å²) in [6.45, 7) is 0.519. The van der Waals surface area contributed by atoms with E-state index in [4.69, 9.17) is 5.73 Å². The highest BCUT2D eigenvalue weighted by Crippen LogP contribution is 2.40. The second kappa shape index (κ2) is 2.73. The highest BCUT2D eigenvalue weighted by atomic mass is 16.2. The summed E-state index contributed by atoms with van der Waals surface area (Å²) in [4.78, 5) is 11.6. The first-order valence-electron chi connectivity index (χ1n) is 4.78. The molecule has 2 fully saturated rings. The lowest BCUT2D eigenvalue weighted by Crippen LogP contribution is -2.50. The summed E-state index contributed by atoms with van der Waals surface area (Å²) in [5.41, 5.74) is 5.43. The standard InChI is InChI=1S/C9H16N2O/c10-6-9(4-1-5-9)8(12)11-7-2-3-7/h7H,1-6,10H2,(H,11,12). The van der Waals surface area contributed by atoms with Gasteiger partial charge in [-0.15, -0.1) is 0 Å². The van der Waals surface area contributed by atoms with Crippen molar-refractivity contribution in [3.8, 4) is 0 Å². The maximum Gasteiger partial charge on any atom is 0.227 e. The van der Waals surface area contributed by atoms with E-state index >= 15 is 0 Å². The maximum absolute atomic E-state index is 11.6. The molecule has 0 radical (unpaired) electrons. The molecule has 0 unspecified atom stereocenters. The molecule has 0 heterocycles. The number of nitrogens with two attached hydrogens (primary N) is 1. The minimum absolute atomic E-state index is 0.178. The van der Waals surface area contributed by atoms with E-state index in [1.807, 2.05) is 0 Å². The Labute approximate surface area is 72.7 Å². The molecule has 3 N–H and O–H groups in total. The van der Waals surface area contributed by atoms with Gasteiger partial charge in [-0.05, 0) is 25.7 Å². The second-order valence-corrected chi connectivity index (χ2v) is 4.09. The van der Waals surface area contributed by atoms with Gasteiger partial charge in [-0.25, -0.2) is 0 Å². The van der Waals surface area contributed by atoms with Crippen molar-refractivity contribution in [2.75, 3.05) is 6.54 Å². The van der Waals surface area contributed by atoms with Gasteiger partial charge in [0, 0.05) is 12.6 Å². The normalized spacial score (nSPS) is 26.1. The number of nitrogens with one attached hydrogen (secondary N) is 1. The van der Waals surface area contributed by atoms with Crippen LogP contribution in [0.5, 0.6) is 0 Å². The van der Waals surface area contributed by atoms with Crippen LogP contribution in [0.1, 0.15) is 32.1 Å². The number of amides is 1. The van der Waals surface area contributed by atoms with Crippen LogP contribution in [0.2, 0.25) is 0 Å². The Morgan fingerprint density at radius 2 is 2.17 bits per heavy atom. The molecule has 0 saturated heterocycles. The topological polar surface area (TPSA) is 55.1 Å². The summed E-state index contributed by atoms with van der Waals surface area (Å²) < 4.78 is 0. The lowest BCUT2D eigenvalue weighted by atomic mass is 9.68. The van der Waals surface area contributed by atoms with Crippen molar-refractivity contribution in [3.05, 3.63) is 0 Å². The molecule has 1 amide bonds. The smallest absolute Gasteiger partial charge is 0.227 e. The van der Waals surface area contributed by atoms with Gasteiger partial charge in [0.05, 0.1) is 5.41 Å². The van der Waals surface area contributed by atoms with Crippen molar-refractivity contribution in [2.24, 2.45) is 11.1 Å². The Kier molecular flexibility index (Phi) is 1.83. The first kappa shape index (κ1) is 8.05. The van der Waals surface area contributed by atoms with Crippen LogP contribution in [-0.2, 0) is 4.79 Å². The van der Waals surface area contributed by atoms with Crippen molar-refractivity contribution in [3.63, 3.8) is 0 Å². The van der Waals surface area contributed by atoms with Gasteiger partial charge >= 0.3 is 0 Å². The van der Waals surface area contributed by atoms with Gasteiger partial charge in [-0.1, -0.05) is 6.42 Å². The van der Waals surface area contributed by atoms with E-state index in [0.29, 0.717) is 12.6 Å². The fraction of sp³-hybridized carbons (Fsp3) is 0.889. The van der Waals surface area contributed by atoms with E-state index in [9.17, 15) is 4.79 Å². The molecule has 0 bridgehead atoms. The minimum atomic E-state index is -0.178. The average Bonchev–Trinajstić information content (AvgIpc) is 2.70. The van der Waals surface area contributed by atoms with Crippen molar-refractivity contribution >= 4 is 5.91 Å². The van der Waals surface area contributed by atoms with E-state index in [-0.39, 0.29) is 11.3 Å². The zero-order valence-corrected chi connectivity index (χ0v) is 7.31. The molecule has 0 atom stereocenters. The maximum atomic E-state index is 11.6. The molecule has 12 heavy (non-hydrogen) atoms. The molecule has 3 heteroatoms. The lowest BCUT2D eigenvalue weighted by Gasteiger charge is -2.39. The Bertz CT molecular complexity index is 189. The monoisotopic (exact) mass is 168 g/mol. The van der Waals surface area contributed by atoms with E-state index < -0.39 is 0 Å². The first-order valence-corrected chi connectivity index (χ1v) is 4.78. The minimum Gasteiger partial charge on any atom is -0.353 e. The molecule has 2 saturated carbocycles. The van der Waals surface area contributed by atoms with Gasteiger partial charge in [-0.3, -0.25) is 4.79 Å². The number of carbonyl (C=O) groups is 1. The molecule has 68 valence electrons. The molecule has 0 spiro atoms. The molecule has 2 rings (SSSR count). The molecule has 0 aliphatic heterocycles. The summed E-state index contributed by atoms with van der Waals surface area (Å²) in [7, 11) is 0. The van der Waals surface area contributed by atoms with Crippen molar-refractivity contribution in [2.45, 2.75) is 38.1 Å². The predicted molar refractivity (Wildman–Crippen MR) is 46.5 cm³/mol. The third-order valence-corrected chi connectivity index (χ3v) is 3.10. The molecular formula is C9H16N2O. The van der Waals surface area contributed by atoms with Crippen LogP contribution in [-0.4, -0.2) is 18.5 Å². The van der Waals surface area contributed by atoms with E-state index in [1.54, 1.807) is 0 Å². The Hall–Kier alpha value is -0.570. The second-order valence-electron chi connectivity index (χ2n) is 4.09. The van der Waals surface area contributed by atoms with Gasteiger partial charge in [0.15, 0.2) is 0 Å². The van der Waals surface area contributed by atoms with Crippen LogP contribution >= 0.6 is 0 Å². The summed E-state index contributed by atoms with van der Waals surface area (Å²) in [6, 6.07) is 0.474. The first-order chi connectivity index (χ1) is 5.77. The Morgan fingerprint density at radius 1 is 1.50 bits per heavy atom. The highest BCUT2D eigenvalue weighted by molar-refractivity contribution is 5.84. The van der Waals surface area contributed by atoms with Gasteiger partial charge in [-0.2, -0.15) is 0 Å². The SMILES string of the molecule is NCC1(C(=O)NC2CC2)CCC1. The molecule has 3 nitrogen and oxygen atoms in total. The molecule has 0 aromatic carbocycles. The number of hydrogen-bond donors (Lipinski definition) is 2. The summed E-state index contributed by atoms with van der Waals surface area (Å²) in [5.74, 6) is 0.207. The van der Waals surface area contributed by atoms with Crippen molar-refractivity contribution in [1.29, 1.82) is 0 Å². The zero-order chi connectivity index (χ0) is 8.60. The van der Waals surface area contributed by atoms with Gasteiger partial charge in [0.1, 0.15) is 0 Å². The Balaban J connectivity index is 1.90. The number of hydrogen-bond acceptors (Lipinski definition) is 2. The summed E-state index contributed by atoms with van der Waals surface area (Å²) in [5, 5.41) is 3.03. The van der Waals surface area contributed by atoms with Crippen molar-refractivity contribution in [1.82, 2.24) is 5.32 Å². The third kappa shape index (κ3) is 1.22. The predicted octanol–water partition coefficient (Wildman–Crippen LogP) is 0.394. The fourth-order valence-electron chi connectivity index (χ4n) is 1.69. The zero-order valence-electron chi connectivity index (χ0n) is 7.31. The van der Waals surface area contributed by atoms with Crippen LogP contribution in [0.25, 0.3) is 0 Å². The lowest BCUT2D eigenvalue weighted by molar-refractivity contribution is -0.135. The summed E-state index contributed by atoms with van der Waals surface area (Å²) in [6.07, 6.45) is 5.46. The van der Waals surface area contributed by atoms with Crippen LogP contribution < -0.4 is 11.1 Å². The van der Waals surface area contributed by atoms with E-state index in [1.165, 1.54) is 0 Å². The molecule has 0 aromatic heterocycles. The molecule has 2 aliphatic carbocycles. The third-order valence-electron chi connectivity index (χ3n) is 3.10. The van der Waals surface area contributed by atoms with Crippen LogP contribution in [0, 0.1) is 5.41 Å². The number of carbonyl (C=O) groups excluding carboxylic acids is 1.